The first-order chi connectivity index (χ1) is 14.2. The molecule has 160 valence electrons. The molecule has 0 aromatic heterocycles. The van der Waals surface area contributed by atoms with Crippen LogP contribution in [0.2, 0.25) is 0 Å². The largest absolute Gasteiger partial charge is 0.381 e. The summed E-state index contributed by atoms with van der Waals surface area (Å²) >= 11 is 0. The van der Waals surface area contributed by atoms with E-state index in [4.69, 9.17) is 10.5 Å². The maximum Gasteiger partial charge on any atom is 0.261 e. The zero-order chi connectivity index (χ0) is 21.4. The first-order valence-corrected chi connectivity index (χ1v) is 11.4. The van der Waals surface area contributed by atoms with Gasteiger partial charge in [0.15, 0.2) is 9.84 Å². The molecule has 3 aliphatic rings. The van der Waals surface area contributed by atoms with Crippen molar-refractivity contribution in [1.82, 2.24) is 15.0 Å². The molecular formula is C19H24N6O4S. The number of fused-ring (bicyclic) bond motifs is 1. The molecule has 1 fully saturated rings. The molecule has 11 heteroatoms. The van der Waals surface area contributed by atoms with Crippen LogP contribution in [0.3, 0.4) is 0 Å². The van der Waals surface area contributed by atoms with Gasteiger partial charge in [-0.05, 0) is 31.0 Å². The number of ether oxygens (including phenoxy) is 1. The van der Waals surface area contributed by atoms with Crippen LogP contribution in [-0.4, -0.2) is 54.9 Å². The minimum Gasteiger partial charge on any atom is -0.381 e. The molecule has 0 aliphatic carbocycles. The monoisotopic (exact) mass is 432 g/mol. The predicted octanol–water partition coefficient (Wildman–Crippen LogP) is 1.27. The first-order valence-electron chi connectivity index (χ1n) is 9.53. The van der Waals surface area contributed by atoms with Crippen molar-refractivity contribution in [3.8, 4) is 11.3 Å². The van der Waals surface area contributed by atoms with Gasteiger partial charge >= 0.3 is 0 Å². The average Bonchev–Trinajstić information content (AvgIpc) is 3.08. The second kappa shape index (κ2) is 7.74. The zero-order valence-electron chi connectivity index (χ0n) is 16.5. The lowest BCUT2D eigenvalue weighted by Crippen LogP contribution is -2.50. The van der Waals surface area contributed by atoms with Crippen molar-refractivity contribution in [2.45, 2.75) is 23.3 Å². The fourth-order valence-corrected chi connectivity index (χ4v) is 4.06. The Morgan fingerprint density at radius 2 is 2.07 bits per heavy atom. The first kappa shape index (κ1) is 20.4. The third-order valence-electron chi connectivity index (χ3n) is 5.18. The maximum atomic E-state index is 12.3. The van der Waals surface area contributed by atoms with E-state index in [2.05, 4.69) is 25.6 Å². The van der Waals surface area contributed by atoms with E-state index < -0.39 is 15.4 Å². The smallest absolute Gasteiger partial charge is 0.261 e. The Morgan fingerprint density at radius 1 is 1.30 bits per heavy atom. The number of sulfone groups is 1. The topological polar surface area (TPSA) is 155 Å². The molecule has 1 aromatic carbocycles. The minimum atomic E-state index is -3.36. The quantitative estimate of drug-likeness (QED) is 0.390. The maximum absolute atomic E-state index is 12.3. The van der Waals surface area contributed by atoms with E-state index in [-0.39, 0.29) is 10.5 Å². The third kappa shape index (κ3) is 4.32. The summed E-state index contributed by atoms with van der Waals surface area (Å²) < 4.78 is 29.1. The fraction of sp³-hybridized carbons (Fsp3) is 0.368. The molecule has 6 N–H and O–H groups in total. The summed E-state index contributed by atoms with van der Waals surface area (Å²) in [6.07, 6.45) is 4.18. The standard InChI is InChI=1S/C19H24N6O4S/c1-30(27,28)13-4-2-3-12(9-13)23-16-15-14(10-21-17(15)26)24-18(25-16)22-11-19(20)5-7-29-8-6-19/h2-4,9-10,23H,5-8,11,20H2,1H3,(H,21,26)(H2,22,24,25). The normalized spacial score (nSPS) is 16.5. The van der Waals surface area contributed by atoms with E-state index in [1.54, 1.807) is 18.3 Å². The summed E-state index contributed by atoms with van der Waals surface area (Å²) in [6.45, 7) is 1.73. The van der Waals surface area contributed by atoms with Crippen LogP contribution >= 0.6 is 0 Å². The minimum absolute atomic E-state index is 0.172. The summed E-state index contributed by atoms with van der Waals surface area (Å²) in [6, 6.07) is 6.35. The number of anilines is 3. The Balaban J connectivity index is 1.64. The van der Waals surface area contributed by atoms with Crippen LogP contribution < -0.4 is 21.9 Å². The van der Waals surface area contributed by atoms with Gasteiger partial charge in [-0.15, -0.1) is 0 Å². The van der Waals surface area contributed by atoms with Gasteiger partial charge in [0.2, 0.25) is 5.95 Å². The van der Waals surface area contributed by atoms with E-state index in [1.807, 2.05) is 0 Å². The van der Waals surface area contributed by atoms with E-state index in [0.29, 0.717) is 48.5 Å². The van der Waals surface area contributed by atoms with Crippen LogP contribution in [0, 0.1) is 0 Å². The Morgan fingerprint density at radius 3 is 2.80 bits per heavy atom. The molecule has 0 amide bonds. The molecule has 0 unspecified atom stereocenters. The molecule has 1 aromatic rings. The highest BCUT2D eigenvalue weighted by Gasteiger charge is 2.28. The number of nitrogens with two attached hydrogens (primary N) is 1. The number of hydrogen-bond donors (Lipinski definition) is 5. The van der Waals surface area contributed by atoms with Crippen LogP contribution in [0.1, 0.15) is 12.8 Å². The molecule has 3 aliphatic heterocycles. The van der Waals surface area contributed by atoms with Crippen molar-refractivity contribution in [1.29, 1.82) is 0 Å². The lowest BCUT2D eigenvalue weighted by molar-refractivity contribution is 0.0574. The van der Waals surface area contributed by atoms with Crippen LogP contribution in [0.4, 0.5) is 17.5 Å². The Kier molecular flexibility index (Phi) is 5.26. The highest BCUT2D eigenvalue weighted by molar-refractivity contribution is 7.90. The van der Waals surface area contributed by atoms with E-state index in [1.165, 1.54) is 12.1 Å². The summed E-state index contributed by atoms with van der Waals surface area (Å²) in [5.41, 5.74) is 7.14. The number of nitrogens with one attached hydrogen (secondary N) is 4. The van der Waals surface area contributed by atoms with Gasteiger partial charge in [0.1, 0.15) is 11.4 Å². The van der Waals surface area contributed by atoms with Crippen LogP contribution in [0.5, 0.6) is 0 Å². The highest BCUT2D eigenvalue weighted by atomic mass is 32.2. The Hall–Kier alpha value is -2.89. The molecule has 30 heavy (non-hydrogen) atoms. The summed E-state index contributed by atoms with van der Waals surface area (Å²) in [5.74, 6) is 0.751. The van der Waals surface area contributed by atoms with Crippen molar-refractivity contribution >= 4 is 27.3 Å². The van der Waals surface area contributed by atoms with Gasteiger partial charge in [0, 0.05) is 43.4 Å². The third-order valence-corrected chi connectivity index (χ3v) is 6.29. The molecule has 10 nitrogen and oxygen atoms in total. The van der Waals surface area contributed by atoms with Gasteiger partial charge in [0.25, 0.3) is 5.56 Å². The number of benzene rings is 1. The van der Waals surface area contributed by atoms with Gasteiger partial charge in [-0.3, -0.25) is 4.79 Å². The number of hydrogen-bond acceptors (Lipinski definition) is 8. The van der Waals surface area contributed by atoms with Gasteiger partial charge in [-0.1, -0.05) is 6.07 Å². The summed E-state index contributed by atoms with van der Waals surface area (Å²) in [7, 11) is -3.36. The predicted molar refractivity (Wildman–Crippen MR) is 114 cm³/mol. The molecule has 0 bridgehead atoms. The van der Waals surface area contributed by atoms with Gasteiger partial charge in [-0.25, -0.2) is 8.42 Å². The number of nitrogens with zero attached hydrogens (tertiary/aromatic N) is 1. The molecule has 1 saturated heterocycles. The van der Waals surface area contributed by atoms with Crippen LogP contribution in [-0.2, 0) is 14.6 Å². The lowest BCUT2D eigenvalue weighted by Gasteiger charge is -2.33. The number of aromatic nitrogens is 3. The number of H-pyrrole nitrogens is 2. The molecule has 0 spiro atoms. The molecule has 0 radical (unpaired) electrons. The highest BCUT2D eigenvalue weighted by Crippen LogP contribution is 2.28. The van der Waals surface area contributed by atoms with E-state index in [9.17, 15) is 13.2 Å². The molecule has 0 saturated carbocycles. The van der Waals surface area contributed by atoms with Crippen LogP contribution in [0.15, 0.2) is 40.2 Å². The van der Waals surface area contributed by atoms with E-state index >= 15 is 0 Å². The number of aromatic amines is 2. The van der Waals surface area contributed by atoms with Gasteiger partial charge in [0.05, 0.1) is 10.6 Å². The summed E-state index contributed by atoms with van der Waals surface area (Å²) in [5, 5.41) is 6.29. The average molecular weight is 433 g/mol. The van der Waals surface area contributed by atoms with Gasteiger partial charge < -0.3 is 31.1 Å². The SMILES string of the molecule is CS(=O)(=O)c1cccc(Nc2nc(NCC3(N)CCOCC3)[nH]c3c[nH]c(=O)c2-3)c1. The zero-order valence-corrected chi connectivity index (χ0v) is 17.3. The Bertz CT molecular complexity index is 1180. The van der Waals surface area contributed by atoms with Crippen molar-refractivity contribution in [2.24, 2.45) is 5.73 Å². The molecular weight excluding hydrogens is 408 g/mol. The second-order valence-electron chi connectivity index (χ2n) is 7.59. The van der Waals surface area contributed by atoms with Crippen molar-refractivity contribution in [3.05, 3.63) is 40.8 Å². The molecule has 0 atom stereocenters. The Labute approximate surface area is 173 Å². The number of rotatable bonds is 6. The van der Waals surface area contributed by atoms with E-state index in [0.717, 1.165) is 19.1 Å². The van der Waals surface area contributed by atoms with Crippen molar-refractivity contribution < 1.29 is 13.2 Å². The molecule has 4 rings (SSSR count). The van der Waals surface area contributed by atoms with Crippen molar-refractivity contribution in [3.63, 3.8) is 0 Å². The molecule has 3 heterocycles. The van der Waals surface area contributed by atoms with Crippen LogP contribution in [0.25, 0.3) is 11.3 Å². The second-order valence-corrected chi connectivity index (χ2v) is 9.61. The fourth-order valence-electron chi connectivity index (χ4n) is 3.39. The van der Waals surface area contributed by atoms with Gasteiger partial charge in [-0.2, -0.15) is 4.98 Å². The summed E-state index contributed by atoms with van der Waals surface area (Å²) in [4.78, 5) is 22.7. The van der Waals surface area contributed by atoms with Crippen molar-refractivity contribution in [2.75, 3.05) is 36.6 Å². The lowest BCUT2D eigenvalue weighted by atomic mass is 9.91.